The number of anilines is 12. The molecule has 8 heteroatoms. The fourth-order valence-electron chi connectivity index (χ4n) is 19.4. The molecule has 25 aromatic rings. The van der Waals surface area contributed by atoms with Crippen LogP contribution in [0.25, 0.3) is 164 Å². The summed E-state index contributed by atoms with van der Waals surface area (Å²) in [5.74, 6) is 0. The van der Waals surface area contributed by atoms with Crippen molar-refractivity contribution in [3.05, 3.63) is 461 Å². The predicted molar refractivity (Wildman–Crippen MR) is 532 cm³/mol. The standard InChI is InChI=1S/C63H42N2O2.C56H36N2O2/c1-41-18-17-28-51-54-38-45(65(57-30-15-12-26-49(57)43-21-7-3-8-22-43)46-34-37-59-55(39-46)50-27-13-16-31-58(50)66-59)32-35-52(54)63-62(61(41)51)53-36-33-47(40-60(53)67-63)64(44-23-9-4-10-24-44)56-29-14-11-25-48(56)42-19-5-2-6-20-42;1-4-16-37(17-5-1)43-22-12-14-26-51(43)58(39-20-8-3-9-21-39)42-29-32-48-54(36-42)60-56-47-31-28-40(34-49(47)44-23-10-11-25-46(44)55(48)56)57(38-18-6-2-7-19-38)41-30-33-53-50(35-41)45-24-13-15-27-52(45)59-53/h2-40H,1H3;1-36H. The lowest BCUT2D eigenvalue weighted by molar-refractivity contribution is 0.668. The van der Waals surface area contributed by atoms with Gasteiger partial charge in [-0.2, -0.15) is 0 Å². The lowest BCUT2D eigenvalue weighted by Gasteiger charge is -2.28. The second kappa shape index (κ2) is 30.9. The minimum absolute atomic E-state index is 0.839. The Hall–Kier alpha value is -16.9. The van der Waals surface area contributed by atoms with Crippen molar-refractivity contribution in [2.75, 3.05) is 19.6 Å². The van der Waals surface area contributed by atoms with Crippen LogP contribution in [0.3, 0.4) is 0 Å². The Morgan fingerprint density at radius 1 is 0.157 bits per heavy atom. The van der Waals surface area contributed by atoms with Gasteiger partial charge in [0.2, 0.25) is 0 Å². The van der Waals surface area contributed by atoms with E-state index >= 15 is 0 Å². The molecular formula is C119H78N4O4. The molecule has 8 nitrogen and oxygen atoms in total. The molecule has 0 aliphatic heterocycles. The van der Waals surface area contributed by atoms with Gasteiger partial charge in [0, 0.05) is 134 Å². The maximum atomic E-state index is 7.18. The molecule has 127 heavy (non-hydrogen) atoms. The summed E-state index contributed by atoms with van der Waals surface area (Å²) in [5, 5.41) is 17.9. The predicted octanol–water partition coefficient (Wildman–Crippen LogP) is 34.8. The van der Waals surface area contributed by atoms with Gasteiger partial charge < -0.3 is 37.3 Å². The Morgan fingerprint density at radius 3 is 0.913 bits per heavy atom. The van der Waals surface area contributed by atoms with Crippen LogP contribution in [0.15, 0.2) is 473 Å². The average Bonchev–Trinajstić information content (AvgIpc) is 1.60. The third kappa shape index (κ3) is 12.8. The zero-order chi connectivity index (χ0) is 84.0. The first-order valence-corrected chi connectivity index (χ1v) is 43.2. The molecule has 0 radical (unpaired) electrons. The highest BCUT2D eigenvalue weighted by Crippen LogP contribution is 2.53. The van der Waals surface area contributed by atoms with Crippen molar-refractivity contribution in [2.45, 2.75) is 6.92 Å². The summed E-state index contributed by atoms with van der Waals surface area (Å²) in [6.45, 7) is 2.22. The van der Waals surface area contributed by atoms with E-state index in [-0.39, 0.29) is 0 Å². The number of para-hydroxylation sites is 8. The lowest BCUT2D eigenvalue weighted by Crippen LogP contribution is -2.11. The van der Waals surface area contributed by atoms with E-state index < -0.39 is 0 Å². The number of benzene rings is 21. The van der Waals surface area contributed by atoms with Crippen LogP contribution in [-0.4, -0.2) is 0 Å². The van der Waals surface area contributed by atoms with E-state index in [2.05, 4.69) is 457 Å². The molecular weight excluding hydrogens is 1550 g/mol. The molecule has 0 bridgehead atoms. The molecule has 0 amide bonds. The topological polar surface area (TPSA) is 65.5 Å². The van der Waals surface area contributed by atoms with Crippen LogP contribution in [0.5, 0.6) is 0 Å². The summed E-state index contributed by atoms with van der Waals surface area (Å²) in [6.07, 6.45) is 0. The number of aryl methyl sites for hydroxylation is 1. The molecule has 0 aliphatic rings. The van der Waals surface area contributed by atoms with Crippen molar-refractivity contribution < 1.29 is 17.7 Å². The van der Waals surface area contributed by atoms with Crippen molar-refractivity contribution in [2.24, 2.45) is 0 Å². The Kier molecular flexibility index (Phi) is 18.0. The van der Waals surface area contributed by atoms with Crippen molar-refractivity contribution in [1.29, 1.82) is 0 Å². The second-order valence-corrected chi connectivity index (χ2v) is 32.5. The van der Waals surface area contributed by atoms with Crippen molar-refractivity contribution >= 4 is 199 Å². The quantitative estimate of drug-likeness (QED) is 0.0941. The molecule has 0 saturated carbocycles. The van der Waals surface area contributed by atoms with Gasteiger partial charge in [0.1, 0.15) is 44.7 Å². The molecule has 0 fully saturated rings. The van der Waals surface area contributed by atoms with Gasteiger partial charge >= 0.3 is 0 Å². The summed E-state index contributed by atoms with van der Waals surface area (Å²) >= 11 is 0. The number of furan rings is 4. The number of rotatable bonds is 15. The van der Waals surface area contributed by atoms with Crippen molar-refractivity contribution in [3.8, 4) is 33.4 Å². The maximum Gasteiger partial charge on any atom is 0.143 e. The van der Waals surface area contributed by atoms with Crippen LogP contribution in [0.1, 0.15) is 5.56 Å². The van der Waals surface area contributed by atoms with E-state index in [1.807, 2.05) is 24.3 Å². The highest BCUT2D eigenvalue weighted by molar-refractivity contribution is 6.33. The molecule has 598 valence electrons. The van der Waals surface area contributed by atoms with Gasteiger partial charge in [-0.15, -0.1) is 0 Å². The average molecular weight is 1630 g/mol. The molecule has 0 unspecified atom stereocenters. The number of hydrogen-bond acceptors (Lipinski definition) is 8. The molecule has 0 atom stereocenters. The van der Waals surface area contributed by atoms with E-state index in [9.17, 15) is 0 Å². The van der Waals surface area contributed by atoms with E-state index in [4.69, 9.17) is 17.7 Å². The summed E-state index contributed by atoms with van der Waals surface area (Å²) in [5.41, 5.74) is 27.8. The minimum atomic E-state index is 0.839. The van der Waals surface area contributed by atoms with Crippen LogP contribution in [0.4, 0.5) is 68.2 Å². The van der Waals surface area contributed by atoms with Crippen LogP contribution in [-0.2, 0) is 0 Å². The zero-order valence-corrected chi connectivity index (χ0v) is 69.2. The highest BCUT2D eigenvalue weighted by atomic mass is 16.3. The molecule has 21 aromatic carbocycles. The fraction of sp³-hybridized carbons (Fsp3) is 0.00840. The monoisotopic (exact) mass is 1630 g/mol. The van der Waals surface area contributed by atoms with E-state index in [0.29, 0.717) is 0 Å². The largest absolute Gasteiger partial charge is 0.456 e. The summed E-state index contributed by atoms with van der Waals surface area (Å²) in [7, 11) is 0. The van der Waals surface area contributed by atoms with Gasteiger partial charge in [-0.25, -0.2) is 0 Å². The molecule has 4 heterocycles. The van der Waals surface area contributed by atoms with Gasteiger partial charge in [0.25, 0.3) is 0 Å². The molecule has 0 aliphatic carbocycles. The van der Waals surface area contributed by atoms with Crippen molar-refractivity contribution in [3.63, 3.8) is 0 Å². The third-order valence-electron chi connectivity index (χ3n) is 25.1. The number of hydrogen-bond donors (Lipinski definition) is 0. The van der Waals surface area contributed by atoms with Gasteiger partial charge in [0.05, 0.1) is 17.1 Å². The van der Waals surface area contributed by atoms with Gasteiger partial charge in [0.15, 0.2) is 0 Å². The second-order valence-electron chi connectivity index (χ2n) is 32.5. The number of nitrogens with zero attached hydrogens (tertiary/aromatic N) is 4. The third-order valence-corrected chi connectivity index (χ3v) is 25.1. The van der Waals surface area contributed by atoms with Crippen LogP contribution in [0.2, 0.25) is 0 Å². The Labute approximate surface area is 732 Å². The van der Waals surface area contributed by atoms with Crippen LogP contribution < -0.4 is 19.6 Å². The first-order valence-electron chi connectivity index (χ1n) is 43.2. The van der Waals surface area contributed by atoms with Gasteiger partial charge in [-0.05, 0) is 225 Å². The van der Waals surface area contributed by atoms with E-state index in [1.54, 1.807) is 0 Å². The van der Waals surface area contributed by atoms with E-state index in [1.165, 1.54) is 21.7 Å². The van der Waals surface area contributed by atoms with Crippen LogP contribution in [0, 0.1) is 6.92 Å². The molecule has 4 aromatic heterocycles. The smallest absolute Gasteiger partial charge is 0.143 e. The molecule has 0 saturated heterocycles. The Morgan fingerprint density at radius 2 is 0.457 bits per heavy atom. The summed E-state index contributed by atoms with van der Waals surface area (Å²) in [4.78, 5) is 9.40. The fourth-order valence-corrected chi connectivity index (χ4v) is 19.4. The normalized spacial score (nSPS) is 11.7. The van der Waals surface area contributed by atoms with Gasteiger partial charge in [-0.3, -0.25) is 0 Å². The molecule has 25 rings (SSSR count). The summed E-state index contributed by atoms with van der Waals surface area (Å²) in [6, 6.07) is 162. The Bertz CT molecular complexity index is 8560. The maximum absolute atomic E-state index is 7.18. The van der Waals surface area contributed by atoms with Crippen LogP contribution >= 0.6 is 0 Å². The SMILES string of the molecule is Cc1cccc2c3cc(N(c4ccc5oc6ccccc6c5c4)c4ccccc4-c4ccccc4)ccc3c3oc4cc(N(c5ccccc5)c5ccccc5-c5ccccc5)ccc4c3c12.c1ccc(-c2ccccc2N(c2ccccc2)c2ccc3c(c2)oc2c4ccc(N(c5ccccc5)c5ccc6oc7ccccc7c6c5)cc4c4ccccc4c32)cc1. The molecule has 0 spiro atoms. The number of fused-ring (bicyclic) bond motifs is 22. The molecule has 0 N–H and O–H groups in total. The van der Waals surface area contributed by atoms with Gasteiger partial charge in [-0.1, -0.05) is 279 Å². The first-order chi connectivity index (χ1) is 62.9. The lowest BCUT2D eigenvalue weighted by atomic mass is 9.93. The first kappa shape index (κ1) is 73.9. The van der Waals surface area contributed by atoms with Crippen molar-refractivity contribution in [1.82, 2.24) is 0 Å². The Balaban J connectivity index is 0.000000143. The zero-order valence-electron chi connectivity index (χ0n) is 69.2. The summed E-state index contributed by atoms with van der Waals surface area (Å²) < 4.78 is 26.8. The minimum Gasteiger partial charge on any atom is -0.456 e. The van der Waals surface area contributed by atoms with E-state index in [0.717, 1.165) is 216 Å². The highest BCUT2D eigenvalue weighted by Gasteiger charge is 2.28.